The summed E-state index contributed by atoms with van der Waals surface area (Å²) in [6.07, 6.45) is 0.902. The average molecular weight is 853 g/mol. The Balaban J connectivity index is 1.15. The van der Waals surface area contributed by atoms with Gasteiger partial charge >= 0.3 is 12.3 Å². The summed E-state index contributed by atoms with van der Waals surface area (Å²) in [5, 5.41) is 5.98. The molecule has 2 aromatic heterocycles. The predicted octanol–water partition coefficient (Wildman–Crippen LogP) is 5.53. The Labute approximate surface area is 342 Å². The van der Waals surface area contributed by atoms with Gasteiger partial charge in [0.15, 0.2) is 5.82 Å². The number of aromatic nitrogens is 2. The molecule has 0 spiro atoms. The Hall–Kier alpha value is -5.72. The van der Waals surface area contributed by atoms with Crippen LogP contribution < -0.4 is 20.1 Å². The van der Waals surface area contributed by atoms with Gasteiger partial charge in [0.2, 0.25) is 27.4 Å². The van der Waals surface area contributed by atoms with E-state index in [0.29, 0.717) is 48.6 Å². The molecule has 0 bridgehead atoms. The van der Waals surface area contributed by atoms with E-state index in [-0.39, 0.29) is 48.7 Å². The SMILES string of the molecule is COC(=O)N[C@H]1CCCCCC=C[C@@H]2C[C@@]2(C(=O)NS(=O)(=O)C2(C)CC2)NC(=O)[C@@H]2C[C@@H](Oc3nc(-c4ccc(C(F)(F)F)cc4)nc4c3oc3ccccc34)CN2C1=O. The van der Waals surface area contributed by atoms with Gasteiger partial charge < -0.3 is 29.4 Å². The van der Waals surface area contributed by atoms with Crippen LogP contribution in [0.5, 0.6) is 5.88 Å². The number of nitrogens with one attached hydrogen (secondary N) is 3. The van der Waals surface area contributed by atoms with Gasteiger partial charge in [0.1, 0.15) is 34.8 Å². The van der Waals surface area contributed by atoms with Crippen LogP contribution in [0.3, 0.4) is 0 Å². The molecule has 0 unspecified atom stereocenters. The number of hydrogen-bond acceptors (Lipinski definition) is 11. The van der Waals surface area contributed by atoms with E-state index >= 15 is 0 Å². The highest BCUT2D eigenvalue weighted by Gasteiger charge is 2.63. The number of methoxy groups -OCH3 is 1. The fourth-order valence-electron chi connectivity index (χ4n) is 7.89. The molecule has 8 rings (SSSR count). The van der Waals surface area contributed by atoms with Gasteiger partial charge in [-0.1, -0.05) is 49.3 Å². The third kappa shape index (κ3) is 7.86. The molecule has 2 saturated carbocycles. The van der Waals surface area contributed by atoms with Crippen LogP contribution in [0.1, 0.15) is 70.3 Å². The minimum Gasteiger partial charge on any atom is -0.470 e. The molecule has 4 amide bonds. The van der Waals surface area contributed by atoms with Crippen molar-refractivity contribution >= 4 is 55.9 Å². The summed E-state index contributed by atoms with van der Waals surface area (Å²) in [5.74, 6) is -2.83. The number of halogens is 3. The number of carbonyl (C=O) groups is 4. The maximum Gasteiger partial charge on any atom is 0.416 e. The van der Waals surface area contributed by atoms with E-state index in [9.17, 15) is 40.8 Å². The molecule has 19 heteroatoms. The van der Waals surface area contributed by atoms with E-state index in [1.807, 2.05) is 6.08 Å². The molecule has 4 aromatic rings. The van der Waals surface area contributed by atoms with Crippen molar-refractivity contribution < 1.29 is 54.7 Å². The number of sulfonamides is 1. The molecule has 1 saturated heterocycles. The Morgan fingerprint density at radius 2 is 1.78 bits per heavy atom. The van der Waals surface area contributed by atoms with Crippen molar-refractivity contribution in [2.45, 2.75) is 99.4 Å². The quantitative estimate of drug-likeness (QED) is 0.198. The molecular weight excluding hydrogens is 810 g/mol. The number of furan rings is 1. The number of ether oxygens (including phenoxy) is 2. The predicted molar refractivity (Wildman–Crippen MR) is 210 cm³/mol. The molecule has 0 radical (unpaired) electrons. The van der Waals surface area contributed by atoms with E-state index in [2.05, 4.69) is 25.3 Å². The van der Waals surface area contributed by atoms with Gasteiger partial charge in [-0.05, 0) is 69.7 Å². The van der Waals surface area contributed by atoms with Crippen molar-refractivity contribution in [2.24, 2.45) is 5.92 Å². The molecule has 318 valence electrons. The lowest BCUT2D eigenvalue weighted by molar-refractivity contribution is -0.141. The molecule has 60 heavy (non-hydrogen) atoms. The van der Waals surface area contributed by atoms with Crippen LogP contribution in [-0.4, -0.2) is 89.2 Å². The molecule has 4 aliphatic rings. The van der Waals surface area contributed by atoms with Crippen LogP contribution >= 0.6 is 0 Å². The van der Waals surface area contributed by atoms with Crippen molar-refractivity contribution in [3.63, 3.8) is 0 Å². The second kappa shape index (κ2) is 15.4. The highest BCUT2D eigenvalue weighted by Crippen LogP contribution is 2.48. The number of benzene rings is 2. The summed E-state index contributed by atoms with van der Waals surface area (Å²) in [7, 11) is -2.90. The van der Waals surface area contributed by atoms with Crippen LogP contribution in [0.25, 0.3) is 33.5 Å². The Kier molecular flexibility index (Phi) is 10.5. The van der Waals surface area contributed by atoms with Gasteiger partial charge in [-0.15, -0.1) is 0 Å². The van der Waals surface area contributed by atoms with Crippen LogP contribution in [0.2, 0.25) is 0 Å². The second-order valence-electron chi connectivity index (χ2n) is 16.1. The van der Waals surface area contributed by atoms with E-state index in [0.717, 1.165) is 25.7 Å². The van der Waals surface area contributed by atoms with Crippen molar-refractivity contribution in [1.82, 2.24) is 30.2 Å². The molecule has 5 atom stereocenters. The van der Waals surface area contributed by atoms with E-state index in [1.54, 1.807) is 37.3 Å². The maximum atomic E-state index is 14.5. The van der Waals surface area contributed by atoms with Crippen LogP contribution in [0, 0.1) is 5.92 Å². The zero-order chi connectivity index (χ0) is 42.6. The number of carbonyl (C=O) groups excluding carboxylic acids is 4. The lowest BCUT2D eigenvalue weighted by atomic mass is 10.1. The maximum absolute atomic E-state index is 14.5. The summed E-state index contributed by atoms with van der Waals surface area (Å²) in [6.45, 7) is 1.34. The van der Waals surface area contributed by atoms with Gasteiger partial charge in [-0.25, -0.2) is 18.2 Å². The number of amides is 4. The monoisotopic (exact) mass is 852 g/mol. The fraction of sp³-hybridized carbons (Fsp3) is 0.463. The standard InChI is InChI=1S/C41H43F3N6O9S/c1-39(18-19-39)60(55,56)49-37(53)40-21-25(40)10-6-4-3-5-7-12-28(45-38(54)57-2)36(52)50-22-26(20-29(50)34(51)48-40)58-35-32-31(27-11-8-9-13-30(27)59-32)46-33(47-35)23-14-16-24(17-15-23)41(42,43)44/h6,8-11,13-17,25-26,28-29H,3-5,7,12,18-22H2,1-2H3,(H,45,54)(H,48,51)(H,49,53)/t25-,26-,28+,29+,40-/m1/s1. The van der Waals surface area contributed by atoms with Crippen molar-refractivity contribution in [3.05, 3.63) is 66.2 Å². The Morgan fingerprint density at radius 1 is 1.03 bits per heavy atom. The zero-order valence-corrected chi connectivity index (χ0v) is 33.5. The highest BCUT2D eigenvalue weighted by molar-refractivity contribution is 7.91. The highest BCUT2D eigenvalue weighted by atomic mass is 32.2. The summed E-state index contributed by atoms with van der Waals surface area (Å²) in [4.78, 5) is 65.8. The lowest BCUT2D eigenvalue weighted by Gasteiger charge is -2.29. The van der Waals surface area contributed by atoms with Crippen molar-refractivity contribution in [3.8, 4) is 17.3 Å². The van der Waals surface area contributed by atoms with Crippen molar-refractivity contribution in [2.75, 3.05) is 13.7 Å². The van der Waals surface area contributed by atoms with E-state index in [4.69, 9.17) is 13.9 Å². The molecule has 3 fully saturated rings. The van der Waals surface area contributed by atoms with E-state index in [1.165, 1.54) is 17.0 Å². The first-order chi connectivity index (χ1) is 28.5. The van der Waals surface area contributed by atoms with Gasteiger partial charge in [-0.2, -0.15) is 18.2 Å². The Bertz CT molecular complexity index is 2510. The fourth-order valence-corrected chi connectivity index (χ4v) is 9.20. The number of fused-ring (bicyclic) bond motifs is 5. The lowest BCUT2D eigenvalue weighted by Crippen LogP contribution is -2.58. The first-order valence-electron chi connectivity index (χ1n) is 19.8. The van der Waals surface area contributed by atoms with E-state index < -0.39 is 80.0 Å². The third-order valence-electron chi connectivity index (χ3n) is 11.9. The summed E-state index contributed by atoms with van der Waals surface area (Å²) in [5.41, 5.74) is -1.37. The molecule has 3 N–H and O–H groups in total. The van der Waals surface area contributed by atoms with Crippen LogP contribution in [-0.2, 0) is 35.3 Å². The third-order valence-corrected chi connectivity index (χ3v) is 14.0. The van der Waals surface area contributed by atoms with Crippen molar-refractivity contribution in [1.29, 1.82) is 0 Å². The second-order valence-corrected chi connectivity index (χ2v) is 18.3. The van der Waals surface area contributed by atoms with Crippen LogP contribution in [0.15, 0.2) is 65.1 Å². The number of alkyl carbamates (subject to hydrolysis) is 1. The minimum atomic E-state index is -4.57. The zero-order valence-electron chi connectivity index (χ0n) is 32.7. The molecule has 2 aliphatic carbocycles. The van der Waals surface area contributed by atoms with Gasteiger partial charge in [0, 0.05) is 23.3 Å². The van der Waals surface area contributed by atoms with Gasteiger partial charge in [0.05, 0.1) is 24.0 Å². The molecule has 2 aliphatic heterocycles. The minimum absolute atomic E-state index is 0.0255. The van der Waals surface area contributed by atoms with Gasteiger partial charge in [0.25, 0.3) is 11.8 Å². The number of para-hydroxylation sites is 1. The number of hydrogen-bond donors (Lipinski definition) is 3. The molecule has 2 aromatic carbocycles. The first-order valence-corrected chi connectivity index (χ1v) is 21.2. The number of alkyl halides is 3. The topological polar surface area (TPSA) is 199 Å². The average Bonchev–Trinajstić information content (AvgIpc) is 4.04. The smallest absolute Gasteiger partial charge is 0.416 e. The summed E-state index contributed by atoms with van der Waals surface area (Å²) < 4.78 is 85.2. The number of rotatable bonds is 7. The summed E-state index contributed by atoms with van der Waals surface area (Å²) in [6, 6.07) is 8.89. The number of nitrogens with zero attached hydrogens (tertiary/aromatic N) is 3. The molecular formula is C41H43F3N6O9S. The number of allylic oxidation sites excluding steroid dienone is 1. The molecule has 4 heterocycles. The Morgan fingerprint density at radius 3 is 2.50 bits per heavy atom. The largest absolute Gasteiger partial charge is 0.470 e. The molecule has 15 nitrogen and oxygen atoms in total. The van der Waals surface area contributed by atoms with Gasteiger partial charge in [-0.3, -0.25) is 19.1 Å². The van der Waals surface area contributed by atoms with Crippen LogP contribution in [0.4, 0.5) is 18.0 Å². The first kappa shape index (κ1) is 41.0. The summed E-state index contributed by atoms with van der Waals surface area (Å²) >= 11 is 0. The normalized spacial score (nSPS) is 25.6.